The molecule has 0 aromatic carbocycles. The Bertz CT molecular complexity index is 337. The van der Waals surface area contributed by atoms with Gasteiger partial charge in [0.15, 0.2) is 0 Å². The van der Waals surface area contributed by atoms with E-state index >= 15 is 0 Å². The van der Waals surface area contributed by atoms with Gasteiger partial charge in [-0.1, -0.05) is 96.8 Å². The molecule has 27 heavy (non-hydrogen) atoms. The van der Waals surface area contributed by atoms with Gasteiger partial charge in [0.1, 0.15) is 0 Å². The van der Waals surface area contributed by atoms with Gasteiger partial charge in [-0.05, 0) is 6.42 Å². The highest BCUT2D eigenvalue weighted by Crippen LogP contribution is 2.31. The monoisotopic (exact) mass is 387 g/mol. The van der Waals surface area contributed by atoms with Gasteiger partial charge in [0, 0.05) is 5.92 Å². The number of carbonyl (C=O) groups excluding carboxylic acids is 1. The Morgan fingerprint density at radius 3 is 1.33 bits per heavy atom. The van der Waals surface area contributed by atoms with E-state index in [1.54, 1.807) is 0 Å². The van der Waals surface area contributed by atoms with Gasteiger partial charge >= 0.3 is 0 Å². The number of hydrogen-bond donors (Lipinski definition) is 4. The van der Waals surface area contributed by atoms with Crippen LogP contribution in [0.4, 0.5) is 0 Å². The van der Waals surface area contributed by atoms with E-state index in [1.165, 1.54) is 70.6 Å². The van der Waals surface area contributed by atoms with Crippen LogP contribution in [0.3, 0.4) is 0 Å². The molecule has 0 bridgehead atoms. The molecule has 0 aliphatic rings. The van der Waals surface area contributed by atoms with Crippen LogP contribution in [-0.2, 0) is 4.79 Å². The second-order valence-corrected chi connectivity index (χ2v) is 8.18. The number of amides is 1. The van der Waals surface area contributed by atoms with E-state index in [1.807, 2.05) is 0 Å². The molecular formula is C22H45NO4. The second-order valence-electron chi connectivity index (χ2n) is 8.18. The van der Waals surface area contributed by atoms with Crippen LogP contribution in [0, 0.1) is 11.3 Å². The van der Waals surface area contributed by atoms with Gasteiger partial charge < -0.3 is 21.1 Å². The van der Waals surface area contributed by atoms with Crippen LogP contribution in [0.2, 0.25) is 0 Å². The molecule has 1 atom stereocenters. The zero-order valence-electron chi connectivity index (χ0n) is 17.6. The third-order valence-electron chi connectivity index (χ3n) is 5.87. The molecule has 5 N–H and O–H groups in total. The maximum atomic E-state index is 11.7. The Kier molecular flexibility index (Phi) is 17.0. The molecule has 0 saturated carbocycles. The van der Waals surface area contributed by atoms with Crippen LogP contribution in [0.15, 0.2) is 0 Å². The molecule has 0 aliphatic carbocycles. The lowest BCUT2D eigenvalue weighted by Gasteiger charge is -2.34. The van der Waals surface area contributed by atoms with E-state index in [9.17, 15) is 20.1 Å². The van der Waals surface area contributed by atoms with Gasteiger partial charge in [-0.2, -0.15) is 0 Å². The average Bonchev–Trinajstić information content (AvgIpc) is 2.67. The largest absolute Gasteiger partial charge is 0.396 e. The summed E-state index contributed by atoms with van der Waals surface area (Å²) in [6.45, 7) is 0.938. The number of aliphatic hydroxyl groups excluding tert-OH is 3. The molecule has 1 amide bonds. The number of rotatable bonds is 20. The maximum absolute atomic E-state index is 11.7. The molecule has 162 valence electrons. The van der Waals surface area contributed by atoms with Gasteiger partial charge in [-0.3, -0.25) is 4.79 Å². The lowest BCUT2D eigenvalue weighted by atomic mass is 9.74. The average molecular weight is 388 g/mol. The molecule has 0 rings (SSSR count). The fourth-order valence-corrected chi connectivity index (χ4v) is 3.77. The molecule has 0 radical (unpaired) electrons. The van der Waals surface area contributed by atoms with Crippen molar-refractivity contribution in [2.24, 2.45) is 17.1 Å². The van der Waals surface area contributed by atoms with E-state index in [0.29, 0.717) is 6.42 Å². The first kappa shape index (κ1) is 26.4. The highest BCUT2D eigenvalue weighted by atomic mass is 16.3. The molecule has 0 aromatic heterocycles. The minimum atomic E-state index is -1.21. The van der Waals surface area contributed by atoms with E-state index < -0.39 is 37.1 Å². The van der Waals surface area contributed by atoms with Crippen LogP contribution < -0.4 is 5.73 Å². The predicted octanol–water partition coefficient (Wildman–Crippen LogP) is 3.92. The van der Waals surface area contributed by atoms with Crippen molar-refractivity contribution in [2.45, 2.75) is 103 Å². The fraction of sp³-hybridized carbons (Fsp3) is 0.955. The summed E-state index contributed by atoms with van der Waals surface area (Å²) in [4.78, 5) is 11.7. The number of aliphatic hydroxyl groups is 3. The zero-order chi connectivity index (χ0) is 20.4. The van der Waals surface area contributed by atoms with Crippen molar-refractivity contribution >= 4 is 5.91 Å². The fourth-order valence-electron chi connectivity index (χ4n) is 3.77. The van der Waals surface area contributed by atoms with Crippen molar-refractivity contribution in [2.75, 3.05) is 19.8 Å². The van der Waals surface area contributed by atoms with Gasteiger partial charge in [0.25, 0.3) is 0 Å². The van der Waals surface area contributed by atoms with E-state index in [4.69, 9.17) is 5.73 Å². The molecule has 0 spiro atoms. The van der Waals surface area contributed by atoms with Gasteiger partial charge in [-0.25, -0.2) is 0 Å². The standard InChI is InChI=1S/C22H45NO4/c1-2-3-4-5-6-7-8-9-10-11-12-13-14-15-16-20(21(23)27)22(17-24,18-25)19-26/h20,24-26H,2-19H2,1H3,(H2,23,27). The quantitative estimate of drug-likeness (QED) is 0.238. The Balaban J connectivity index is 3.68. The number of carbonyl (C=O) groups is 1. The number of nitrogens with two attached hydrogens (primary N) is 1. The molecule has 0 heterocycles. The third-order valence-corrected chi connectivity index (χ3v) is 5.87. The summed E-state index contributed by atoms with van der Waals surface area (Å²) in [6.07, 6.45) is 18.2. The molecule has 5 nitrogen and oxygen atoms in total. The van der Waals surface area contributed by atoms with Crippen LogP contribution in [-0.4, -0.2) is 41.0 Å². The van der Waals surface area contributed by atoms with Crippen molar-refractivity contribution < 1.29 is 20.1 Å². The van der Waals surface area contributed by atoms with E-state index in [-0.39, 0.29) is 0 Å². The number of unbranched alkanes of at least 4 members (excludes halogenated alkanes) is 13. The Morgan fingerprint density at radius 1 is 0.704 bits per heavy atom. The van der Waals surface area contributed by atoms with Crippen molar-refractivity contribution in [3.05, 3.63) is 0 Å². The molecule has 0 aromatic rings. The molecule has 0 fully saturated rings. The summed E-state index contributed by atoms with van der Waals surface area (Å²) in [5.41, 5.74) is 4.23. The van der Waals surface area contributed by atoms with E-state index in [0.717, 1.165) is 19.3 Å². The smallest absolute Gasteiger partial charge is 0.221 e. The van der Waals surface area contributed by atoms with Crippen LogP contribution in [0.25, 0.3) is 0 Å². The first-order chi connectivity index (χ1) is 13.1. The van der Waals surface area contributed by atoms with Crippen molar-refractivity contribution in [3.8, 4) is 0 Å². The summed E-state index contributed by atoms with van der Waals surface area (Å²) >= 11 is 0. The maximum Gasteiger partial charge on any atom is 0.221 e. The minimum Gasteiger partial charge on any atom is -0.396 e. The highest BCUT2D eigenvalue weighted by Gasteiger charge is 2.40. The van der Waals surface area contributed by atoms with Crippen molar-refractivity contribution in [1.82, 2.24) is 0 Å². The Hall–Kier alpha value is -0.650. The first-order valence-electron chi connectivity index (χ1n) is 11.2. The first-order valence-corrected chi connectivity index (χ1v) is 11.2. The van der Waals surface area contributed by atoms with Crippen molar-refractivity contribution in [3.63, 3.8) is 0 Å². The van der Waals surface area contributed by atoms with E-state index in [2.05, 4.69) is 6.92 Å². The molecule has 1 unspecified atom stereocenters. The third kappa shape index (κ3) is 11.7. The molecule has 0 saturated heterocycles. The SMILES string of the molecule is CCCCCCCCCCCCCCCCC(C(N)=O)C(CO)(CO)CO. The lowest BCUT2D eigenvalue weighted by molar-refractivity contribution is -0.133. The zero-order valence-corrected chi connectivity index (χ0v) is 17.6. The molecule has 5 heteroatoms. The summed E-state index contributed by atoms with van der Waals surface area (Å²) < 4.78 is 0. The minimum absolute atomic E-state index is 0.438. The molecule has 0 aliphatic heterocycles. The van der Waals surface area contributed by atoms with Crippen LogP contribution >= 0.6 is 0 Å². The topological polar surface area (TPSA) is 104 Å². The summed E-state index contributed by atoms with van der Waals surface area (Å²) in [6, 6.07) is 0. The number of hydrogen-bond acceptors (Lipinski definition) is 4. The Labute approximate surface area is 166 Å². The summed E-state index contributed by atoms with van der Waals surface area (Å²) in [7, 11) is 0. The lowest BCUT2D eigenvalue weighted by Crippen LogP contribution is -2.47. The number of primary amides is 1. The van der Waals surface area contributed by atoms with Crippen LogP contribution in [0.1, 0.15) is 103 Å². The second kappa shape index (κ2) is 17.4. The predicted molar refractivity (Wildman–Crippen MR) is 111 cm³/mol. The van der Waals surface area contributed by atoms with Crippen molar-refractivity contribution in [1.29, 1.82) is 0 Å². The van der Waals surface area contributed by atoms with Gasteiger partial charge in [0.05, 0.1) is 25.2 Å². The summed E-state index contributed by atoms with van der Waals surface area (Å²) in [5.74, 6) is -1.24. The highest BCUT2D eigenvalue weighted by molar-refractivity contribution is 5.77. The molecular weight excluding hydrogens is 342 g/mol. The van der Waals surface area contributed by atoms with Gasteiger partial charge in [0.2, 0.25) is 5.91 Å². The summed E-state index contributed by atoms with van der Waals surface area (Å²) in [5, 5.41) is 28.4. The Morgan fingerprint density at radius 2 is 1.04 bits per heavy atom. The van der Waals surface area contributed by atoms with Crippen LogP contribution in [0.5, 0.6) is 0 Å². The normalized spacial score (nSPS) is 13.0. The van der Waals surface area contributed by atoms with Gasteiger partial charge in [-0.15, -0.1) is 0 Å².